The molecular formula is C11H11F3O. The Kier molecular flexibility index (Phi) is 3.52. The Morgan fingerprint density at radius 3 is 2.47 bits per heavy atom. The van der Waals surface area contributed by atoms with Crippen molar-refractivity contribution in [1.29, 1.82) is 0 Å². The van der Waals surface area contributed by atoms with Crippen molar-refractivity contribution in [1.82, 2.24) is 0 Å². The summed E-state index contributed by atoms with van der Waals surface area (Å²) in [7, 11) is 0. The van der Waals surface area contributed by atoms with Gasteiger partial charge in [0.05, 0.1) is 12.2 Å². The summed E-state index contributed by atoms with van der Waals surface area (Å²) in [4.78, 5) is 0. The zero-order chi connectivity index (χ0) is 11.5. The predicted molar refractivity (Wildman–Crippen MR) is 52.2 cm³/mol. The summed E-state index contributed by atoms with van der Waals surface area (Å²) in [5.41, 5.74) is -0.110. The number of halogens is 3. The molecule has 0 saturated carbocycles. The van der Waals surface area contributed by atoms with Crippen molar-refractivity contribution in [3.8, 4) is 0 Å². The summed E-state index contributed by atoms with van der Waals surface area (Å²) in [6.45, 7) is 1.33. The molecule has 0 atom stereocenters. The van der Waals surface area contributed by atoms with Crippen LogP contribution in [0, 0.1) is 0 Å². The highest BCUT2D eigenvalue weighted by molar-refractivity contribution is 5.57. The summed E-state index contributed by atoms with van der Waals surface area (Å²) in [6.07, 6.45) is -3.02. The van der Waals surface area contributed by atoms with Gasteiger partial charge in [-0.2, -0.15) is 13.2 Å². The van der Waals surface area contributed by atoms with Gasteiger partial charge in [0.25, 0.3) is 0 Å². The van der Waals surface area contributed by atoms with Gasteiger partial charge in [-0.05, 0) is 24.1 Å². The van der Waals surface area contributed by atoms with Gasteiger partial charge in [-0.3, -0.25) is 0 Å². The Hall–Kier alpha value is -1.29. The van der Waals surface area contributed by atoms with Gasteiger partial charge in [0, 0.05) is 0 Å². The van der Waals surface area contributed by atoms with Crippen LogP contribution in [0.3, 0.4) is 0 Å². The zero-order valence-electron chi connectivity index (χ0n) is 8.17. The van der Waals surface area contributed by atoms with Crippen molar-refractivity contribution in [2.45, 2.75) is 13.1 Å². The molecule has 1 aromatic rings. The van der Waals surface area contributed by atoms with E-state index >= 15 is 0 Å². The lowest BCUT2D eigenvalue weighted by atomic mass is 10.0. The van der Waals surface area contributed by atoms with Gasteiger partial charge in [-0.15, -0.1) is 0 Å². The van der Waals surface area contributed by atoms with E-state index in [1.807, 2.05) is 0 Å². The van der Waals surface area contributed by atoms with E-state index in [1.54, 1.807) is 6.92 Å². The maximum absolute atomic E-state index is 12.5. The standard InChI is InChI=1S/C11H11F3O/c1-8(7-15)6-9-4-2-3-5-10(9)11(12,13)14/h2-6,15H,7H2,1H3. The fourth-order valence-electron chi connectivity index (χ4n) is 1.19. The summed E-state index contributed by atoms with van der Waals surface area (Å²) in [5.74, 6) is 0. The van der Waals surface area contributed by atoms with E-state index in [4.69, 9.17) is 5.11 Å². The van der Waals surface area contributed by atoms with Crippen molar-refractivity contribution < 1.29 is 18.3 Å². The van der Waals surface area contributed by atoms with Crippen molar-refractivity contribution in [2.24, 2.45) is 0 Å². The first-order chi connectivity index (χ1) is 6.95. The molecular weight excluding hydrogens is 205 g/mol. The summed E-state index contributed by atoms with van der Waals surface area (Å²) < 4.78 is 37.5. The molecule has 1 aromatic carbocycles. The van der Waals surface area contributed by atoms with Gasteiger partial charge in [0.2, 0.25) is 0 Å². The Morgan fingerprint density at radius 1 is 1.33 bits per heavy atom. The molecule has 0 unspecified atom stereocenters. The van der Waals surface area contributed by atoms with E-state index < -0.39 is 11.7 Å². The van der Waals surface area contributed by atoms with E-state index in [9.17, 15) is 13.2 Å². The molecule has 1 N–H and O–H groups in total. The minimum atomic E-state index is -4.36. The largest absolute Gasteiger partial charge is 0.416 e. The van der Waals surface area contributed by atoms with Crippen molar-refractivity contribution in [3.05, 3.63) is 41.0 Å². The van der Waals surface area contributed by atoms with E-state index in [0.717, 1.165) is 6.07 Å². The summed E-state index contributed by atoms with van der Waals surface area (Å²) in [6, 6.07) is 5.28. The topological polar surface area (TPSA) is 20.2 Å². The lowest BCUT2D eigenvalue weighted by Gasteiger charge is -2.10. The van der Waals surface area contributed by atoms with Crippen molar-refractivity contribution in [3.63, 3.8) is 0 Å². The molecule has 0 aromatic heterocycles. The summed E-state index contributed by atoms with van der Waals surface area (Å²) in [5, 5.41) is 8.74. The van der Waals surface area contributed by atoms with Crippen LogP contribution >= 0.6 is 0 Å². The van der Waals surface area contributed by atoms with Gasteiger partial charge >= 0.3 is 6.18 Å². The molecule has 0 saturated heterocycles. The van der Waals surface area contributed by atoms with Gasteiger partial charge in [0.1, 0.15) is 0 Å². The second kappa shape index (κ2) is 4.49. The molecule has 0 spiro atoms. The smallest absolute Gasteiger partial charge is 0.392 e. The van der Waals surface area contributed by atoms with Crippen molar-refractivity contribution in [2.75, 3.05) is 6.61 Å². The second-order valence-electron chi connectivity index (χ2n) is 3.23. The molecule has 0 amide bonds. The maximum atomic E-state index is 12.5. The highest BCUT2D eigenvalue weighted by Gasteiger charge is 2.32. The quantitative estimate of drug-likeness (QED) is 0.805. The highest BCUT2D eigenvalue weighted by Crippen LogP contribution is 2.32. The molecule has 0 radical (unpaired) electrons. The molecule has 15 heavy (non-hydrogen) atoms. The van der Waals surface area contributed by atoms with E-state index in [-0.39, 0.29) is 12.2 Å². The molecule has 1 rings (SSSR count). The molecule has 82 valence electrons. The lowest BCUT2D eigenvalue weighted by molar-refractivity contribution is -0.137. The normalized spacial score (nSPS) is 13.0. The minimum absolute atomic E-state index is 0.0801. The van der Waals surface area contributed by atoms with Gasteiger partial charge in [-0.1, -0.05) is 24.3 Å². The Bertz CT molecular complexity index is 366. The molecule has 0 aliphatic heterocycles. The third kappa shape index (κ3) is 3.09. The monoisotopic (exact) mass is 216 g/mol. The Labute approximate surface area is 85.9 Å². The fourth-order valence-corrected chi connectivity index (χ4v) is 1.19. The molecule has 0 fully saturated rings. The molecule has 4 heteroatoms. The molecule has 0 bridgehead atoms. The maximum Gasteiger partial charge on any atom is 0.416 e. The molecule has 0 aliphatic rings. The molecule has 1 nitrogen and oxygen atoms in total. The lowest BCUT2D eigenvalue weighted by Crippen LogP contribution is -2.07. The predicted octanol–water partition coefficient (Wildman–Crippen LogP) is 3.10. The van der Waals surface area contributed by atoms with Crippen LogP contribution in [-0.2, 0) is 6.18 Å². The zero-order valence-corrected chi connectivity index (χ0v) is 8.17. The number of hydrogen-bond acceptors (Lipinski definition) is 1. The van der Waals surface area contributed by atoms with E-state index in [0.29, 0.717) is 5.57 Å². The highest BCUT2D eigenvalue weighted by atomic mass is 19.4. The van der Waals surface area contributed by atoms with E-state index in [2.05, 4.69) is 0 Å². The van der Waals surface area contributed by atoms with Crippen LogP contribution in [0.2, 0.25) is 0 Å². The second-order valence-corrected chi connectivity index (χ2v) is 3.23. The number of hydrogen-bond donors (Lipinski definition) is 1. The third-order valence-corrected chi connectivity index (χ3v) is 1.92. The van der Waals surface area contributed by atoms with E-state index in [1.165, 1.54) is 24.3 Å². The first-order valence-corrected chi connectivity index (χ1v) is 4.39. The van der Waals surface area contributed by atoms with Gasteiger partial charge < -0.3 is 5.11 Å². The molecule has 0 heterocycles. The fraction of sp³-hybridized carbons (Fsp3) is 0.273. The number of aliphatic hydroxyl groups excluding tert-OH is 1. The average molecular weight is 216 g/mol. The number of alkyl halides is 3. The van der Waals surface area contributed by atoms with Gasteiger partial charge in [-0.25, -0.2) is 0 Å². The van der Waals surface area contributed by atoms with Crippen LogP contribution in [-0.4, -0.2) is 11.7 Å². The minimum Gasteiger partial charge on any atom is -0.392 e. The summed E-state index contributed by atoms with van der Waals surface area (Å²) >= 11 is 0. The SMILES string of the molecule is CC(=Cc1ccccc1C(F)(F)F)CO. The van der Waals surface area contributed by atoms with Crippen LogP contribution in [0.25, 0.3) is 6.08 Å². The average Bonchev–Trinajstić information content (AvgIpc) is 2.17. The Balaban J connectivity index is 3.19. The van der Waals surface area contributed by atoms with Crippen LogP contribution in [0.5, 0.6) is 0 Å². The van der Waals surface area contributed by atoms with Crippen LogP contribution in [0.15, 0.2) is 29.8 Å². The number of aliphatic hydroxyl groups is 1. The first kappa shape index (κ1) is 11.8. The number of benzene rings is 1. The Morgan fingerprint density at radius 2 is 1.93 bits per heavy atom. The first-order valence-electron chi connectivity index (χ1n) is 4.39. The number of rotatable bonds is 2. The van der Waals surface area contributed by atoms with Gasteiger partial charge in [0.15, 0.2) is 0 Å². The van der Waals surface area contributed by atoms with Crippen molar-refractivity contribution >= 4 is 6.08 Å². The van der Waals surface area contributed by atoms with Crippen LogP contribution < -0.4 is 0 Å². The molecule has 0 aliphatic carbocycles. The third-order valence-electron chi connectivity index (χ3n) is 1.92. The van der Waals surface area contributed by atoms with Crippen LogP contribution in [0.4, 0.5) is 13.2 Å². The van der Waals surface area contributed by atoms with Crippen LogP contribution in [0.1, 0.15) is 18.1 Å².